The molecule has 1 aliphatic heterocycles. The van der Waals surface area contributed by atoms with E-state index in [1.165, 1.54) is 6.33 Å². The number of hydrogen-bond acceptors (Lipinski definition) is 5. The summed E-state index contributed by atoms with van der Waals surface area (Å²) in [6, 6.07) is 5.31. The number of aryl methyl sites for hydroxylation is 1. The van der Waals surface area contributed by atoms with E-state index in [0.29, 0.717) is 28.2 Å². The third-order valence-electron chi connectivity index (χ3n) is 4.57. The molecule has 0 bridgehead atoms. The molecule has 6 nitrogen and oxygen atoms in total. The van der Waals surface area contributed by atoms with Crippen molar-refractivity contribution in [3.63, 3.8) is 0 Å². The number of amides is 1. The molecule has 138 valence electrons. The Balaban J connectivity index is 1.82. The molecule has 1 aliphatic rings. The predicted octanol–water partition coefficient (Wildman–Crippen LogP) is 4.06. The van der Waals surface area contributed by atoms with Gasteiger partial charge in [0.1, 0.15) is 23.6 Å². The Hall–Kier alpha value is -2.34. The quantitative estimate of drug-likeness (QED) is 0.873. The number of benzene rings is 1. The molecular formula is C19H23ClN4O2. The van der Waals surface area contributed by atoms with E-state index in [2.05, 4.69) is 22.2 Å². The van der Waals surface area contributed by atoms with E-state index in [-0.39, 0.29) is 5.91 Å². The summed E-state index contributed by atoms with van der Waals surface area (Å²) < 4.78 is 5.37. The highest BCUT2D eigenvalue weighted by atomic mass is 35.5. The van der Waals surface area contributed by atoms with Crippen LogP contribution in [0, 0.1) is 12.8 Å². The van der Waals surface area contributed by atoms with E-state index < -0.39 is 0 Å². The summed E-state index contributed by atoms with van der Waals surface area (Å²) in [5.74, 6) is 1.61. The Kier molecular flexibility index (Phi) is 5.61. The van der Waals surface area contributed by atoms with E-state index in [4.69, 9.17) is 16.3 Å². The van der Waals surface area contributed by atoms with Crippen LogP contribution >= 0.6 is 11.6 Å². The molecule has 26 heavy (non-hydrogen) atoms. The number of likely N-dealkylation sites (tertiary alicyclic amines) is 1. The standard InChI is InChI=1S/C19H23ClN4O2/c1-12-5-4-6-24(10-12)19(25)16-9-18(22-11-21-16)23-15-7-13(2)14(20)8-17(15)26-3/h7-9,11-12H,4-6,10H2,1-3H3,(H,21,22,23). The number of halogens is 1. The third-order valence-corrected chi connectivity index (χ3v) is 4.98. The Bertz CT molecular complexity index is 812. The number of aromatic nitrogens is 2. The lowest BCUT2D eigenvalue weighted by molar-refractivity contribution is 0.0677. The molecule has 1 N–H and O–H groups in total. The number of rotatable bonds is 4. The minimum Gasteiger partial charge on any atom is -0.495 e. The molecule has 1 fully saturated rings. The van der Waals surface area contributed by atoms with E-state index in [1.807, 2.05) is 17.9 Å². The monoisotopic (exact) mass is 374 g/mol. The van der Waals surface area contributed by atoms with Crippen LogP contribution in [0.25, 0.3) is 0 Å². The lowest BCUT2D eigenvalue weighted by atomic mass is 10.00. The average Bonchev–Trinajstić information content (AvgIpc) is 2.64. The number of nitrogens with one attached hydrogen (secondary N) is 1. The smallest absolute Gasteiger partial charge is 0.272 e. The SMILES string of the molecule is COc1cc(Cl)c(C)cc1Nc1cc(C(=O)N2CCCC(C)C2)ncn1. The number of carbonyl (C=O) groups is 1. The lowest BCUT2D eigenvalue weighted by Gasteiger charge is -2.30. The first-order chi connectivity index (χ1) is 12.5. The molecule has 0 spiro atoms. The molecule has 1 amide bonds. The second-order valence-corrected chi connectivity index (χ2v) is 7.12. The van der Waals surface area contributed by atoms with Crippen molar-refractivity contribution >= 4 is 29.0 Å². The van der Waals surface area contributed by atoms with Gasteiger partial charge < -0.3 is 15.0 Å². The van der Waals surface area contributed by atoms with Crippen molar-refractivity contribution in [3.05, 3.63) is 40.8 Å². The molecule has 3 rings (SSSR count). The zero-order valence-electron chi connectivity index (χ0n) is 15.3. The minimum atomic E-state index is -0.0544. The highest BCUT2D eigenvalue weighted by molar-refractivity contribution is 6.31. The zero-order chi connectivity index (χ0) is 18.7. The minimum absolute atomic E-state index is 0.0544. The van der Waals surface area contributed by atoms with Crippen LogP contribution in [0.1, 0.15) is 35.8 Å². The maximum atomic E-state index is 12.7. The van der Waals surface area contributed by atoms with E-state index >= 15 is 0 Å². The van der Waals surface area contributed by atoms with Gasteiger partial charge in [-0.25, -0.2) is 9.97 Å². The summed E-state index contributed by atoms with van der Waals surface area (Å²) in [6.45, 7) is 5.64. The number of methoxy groups -OCH3 is 1. The predicted molar refractivity (Wildman–Crippen MR) is 102 cm³/mol. The second-order valence-electron chi connectivity index (χ2n) is 6.71. The fourth-order valence-electron chi connectivity index (χ4n) is 3.15. The topological polar surface area (TPSA) is 67.3 Å². The van der Waals surface area contributed by atoms with E-state index in [0.717, 1.165) is 37.2 Å². The number of carbonyl (C=O) groups excluding carboxylic acids is 1. The fourth-order valence-corrected chi connectivity index (χ4v) is 3.30. The van der Waals surface area contributed by atoms with Gasteiger partial charge in [0.25, 0.3) is 5.91 Å². The first-order valence-corrected chi connectivity index (χ1v) is 9.08. The first-order valence-electron chi connectivity index (χ1n) is 8.70. The molecule has 1 aromatic carbocycles. The Morgan fingerprint density at radius 1 is 1.35 bits per heavy atom. The summed E-state index contributed by atoms with van der Waals surface area (Å²) in [7, 11) is 1.58. The average molecular weight is 375 g/mol. The van der Waals surface area contributed by atoms with Gasteiger partial charge in [-0.2, -0.15) is 0 Å². The summed E-state index contributed by atoms with van der Waals surface area (Å²) in [4.78, 5) is 23.0. The number of hydrogen-bond donors (Lipinski definition) is 1. The molecule has 0 radical (unpaired) electrons. The van der Waals surface area contributed by atoms with Gasteiger partial charge in [0.05, 0.1) is 12.8 Å². The van der Waals surface area contributed by atoms with Crippen molar-refractivity contribution in [2.45, 2.75) is 26.7 Å². The van der Waals surface area contributed by atoms with Crippen molar-refractivity contribution in [1.82, 2.24) is 14.9 Å². The Morgan fingerprint density at radius 2 is 2.15 bits per heavy atom. The number of ether oxygens (including phenoxy) is 1. The van der Waals surface area contributed by atoms with Crippen LogP contribution in [0.2, 0.25) is 5.02 Å². The van der Waals surface area contributed by atoms with Crippen LogP contribution in [0.15, 0.2) is 24.5 Å². The van der Waals surface area contributed by atoms with Gasteiger partial charge >= 0.3 is 0 Å². The first kappa shape index (κ1) is 18.5. The maximum Gasteiger partial charge on any atom is 0.272 e. The van der Waals surface area contributed by atoms with E-state index in [9.17, 15) is 4.79 Å². The summed E-state index contributed by atoms with van der Waals surface area (Å²) in [5, 5.41) is 3.82. The lowest BCUT2D eigenvalue weighted by Crippen LogP contribution is -2.39. The number of anilines is 2. The molecule has 2 heterocycles. The van der Waals surface area contributed by atoms with Gasteiger partial charge in [0.2, 0.25) is 0 Å². The van der Waals surface area contributed by atoms with Crippen LogP contribution in [0.3, 0.4) is 0 Å². The molecule has 1 unspecified atom stereocenters. The highest BCUT2D eigenvalue weighted by Crippen LogP contribution is 2.32. The van der Waals surface area contributed by atoms with Gasteiger partial charge in [-0.1, -0.05) is 18.5 Å². The fraction of sp³-hybridized carbons (Fsp3) is 0.421. The van der Waals surface area contributed by atoms with Gasteiger partial charge in [0, 0.05) is 30.2 Å². The third kappa shape index (κ3) is 4.07. The van der Waals surface area contributed by atoms with Gasteiger partial charge in [-0.15, -0.1) is 0 Å². The van der Waals surface area contributed by atoms with Crippen LogP contribution in [0.4, 0.5) is 11.5 Å². The zero-order valence-corrected chi connectivity index (χ0v) is 16.0. The molecule has 1 saturated heterocycles. The molecule has 0 aliphatic carbocycles. The normalized spacial score (nSPS) is 17.1. The van der Waals surface area contributed by atoms with Crippen LogP contribution < -0.4 is 10.1 Å². The molecule has 1 aromatic heterocycles. The molecule has 0 saturated carbocycles. The van der Waals surface area contributed by atoms with Crippen LogP contribution in [-0.2, 0) is 0 Å². The van der Waals surface area contributed by atoms with Crippen molar-refractivity contribution in [1.29, 1.82) is 0 Å². The molecule has 7 heteroatoms. The molecule has 2 aromatic rings. The number of piperidine rings is 1. The maximum absolute atomic E-state index is 12.7. The van der Waals surface area contributed by atoms with Crippen molar-refractivity contribution in [2.75, 3.05) is 25.5 Å². The van der Waals surface area contributed by atoms with Crippen molar-refractivity contribution in [2.24, 2.45) is 5.92 Å². The summed E-state index contributed by atoms with van der Waals surface area (Å²) >= 11 is 6.15. The largest absolute Gasteiger partial charge is 0.495 e. The van der Waals surface area contributed by atoms with Gasteiger partial charge in [-0.05, 0) is 37.3 Å². The molecule has 1 atom stereocenters. The summed E-state index contributed by atoms with van der Waals surface area (Å²) in [5.41, 5.74) is 2.04. The van der Waals surface area contributed by atoms with Crippen LogP contribution in [0.5, 0.6) is 5.75 Å². The number of nitrogens with zero attached hydrogens (tertiary/aromatic N) is 3. The van der Waals surface area contributed by atoms with Gasteiger partial charge in [0.15, 0.2) is 0 Å². The van der Waals surface area contributed by atoms with E-state index in [1.54, 1.807) is 19.2 Å². The Labute approximate surface area is 158 Å². The van der Waals surface area contributed by atoms with Crippen molar-refractivity contribution in [3.8, 4) is 5.75 Å². The highest BCUT2D eigenvalue weighted by Gasteiger charge is 2.23. The van der Waals surface area contributed by atoms with Crippen LogP contribution in [-0.4, -0.2) is 41.0 Å². The summed E-state index contributed by atoms with van der Waals surface area (Å²) in [6.07, 6.45) is 3.60. The second kappa shape index (κ2) is 7.91. The van der Waals surface area contributed by atoms with Crippen molar-refractivity contribution < 1.29 is 9.53 Å². The molecular weight excluding hydrogens is 352 g/mol. The Morgan fingerprint density at radius 3 is 2.88 bits per heavy atom. The van der Waals surface area contributed by atoms with Gasteiger partial charge in [-0.3, -0.25) is 4.79 Å².